The van der Waals surface area contributed by atoms with Crippen molar-refractivity contribution in [1.82, 2.24) is 4.90 Å². The Bertz CT molecular complexity index is 594. The fraction of sp³-hybridized carbons (Fsp3) is 0.714. The average Bonchev–Trinajstić information content (AvgIpc) is 3.00. The molecule has 160 valence electrons. The van der Waals surface area contributed by atoms with Crippen molar-refractivity contribution in [3.63, 3.8) is 0 Å². The van der Waals surface area contributed by atoms with Gasteiger partial charge in [0, 0.05) is 6.54 Å². The lowest BCUT2D eigenvalue weighted by Gasteiger charge is -2.38. The third-order valence-corrected chi connectivity index (χ3v) is 10.0. The molecule has 0 bridgehead atoms. The van der Waals surface area contributed by atoms with Crippen LogP contribution in [0.5, 0.6) is 0 Å². The Balaban J connectivity index is 2.96. The molecule has 28 heavy (non-hydrogen) atoms. The monoisotopic (exact) mass is 411 g/mol. The number of likely N-dealkylation sites (tertiary alicyclic amines) is 1. The van der Waals surface area contributed by atoms with Gasteiger partial charge >= 0.3 is 12.1 Å². The fourth-order valence-electron chi connectivity index (χ4n) is 2.92. The molecule has 0 aliphatic carbocycles. The first-order valence-electron chi connectivity index (χ1n) is 9.97. The predicted molar refractivity (Wildman–Crippen MR) is 114 cm³/mol. The van der Waals surface area contributed by atoms with E-state index in [2.05, 4.69) is 40.4 Å². The molecule has 0 unspecified atom stereocenters. The van der Waals surface area contributed by atoms with Gasteiger partial charge in [0.1, 0.15) is 6.61 Å². The molecular formula is C21H37NO5Si. The SMILES string of the molecule is C=CCOC(=O)N1C[C@H](O[Si](C)(C)C(C)(C)C)C[C@H]1C(C)=CCC(=O)OCC. The number of hydrogen-bond acceptors (Lipinski definition) is 5. The molecular weight excluding hydrogens is 374 g/mol. The second-order valence-electron chi connectivity index (χ2n) is 8.73. The van der Waals surface area contributed by atoms with Gasteiger partial charge in [-0.1, -0.05) is 45.1 Å². The van der Waals surface area contributed by atoms with Gasteiger partial charge in [-0.25, -0.2) is 4.79 Å². The summed E-state index contributed by atoms with van der Waals surface area (Å²) in [4.78, 5) is 25.9. The molecule has 0 saturated carbocycles. The summed E-state index contributed by atoms with van der Waals surface area (Å²) in [5, 5.41) is 0.0913. The lowest BCUT2D eigenvalue weighted by atomic mass is 10.0. The quantitative estimate of drug-likeness (QED) is 0.330. The molecule has 1 saturated heterocycles. The Morgan fingerprint density at radius 1 is 1.25 bits per heavy atom. The molecule has 1 aliphatic heterocycles. The molecule has 1 heterocycles. The lowest BCUT2D eigenvalue weighted by Crippen LogP contribution is -2.44. The third kappa shape index (κ3) is 6.78. The number of ether oxygens (including phenoxy) is 2. The molecule has 0 radical (unpaired) electrons. The van der Waals surface area contributed by atoms with Crippen LogP contribution in [0, 0.1) is 0 Å². The number of carbonyl (C=O) groups is 2. The highest BCUT2D eigenvalue weighted by atomic mass is 28.4. The van der Waals surface area contributed by atoms with Crippen LogP contribution in [0.4, 0.5) is 4.79 Å². The van der Waals surface area contributed by atoms with E-state index in [1.807, 2.05) is 13.0 Å². The molecule has 1 fully saturated rings. The van der Waals surface area contributed by atoms with Crippen LogP contribution in [-0.2, 0) is 18.7 Å². The summed E-state index contributed by atoms with van der Waals surface area (Å²) in [6.45, 7) is 19.4. The van der Waals surface area contributed by atoms with E-state index in [0.29, 0.717) is 19.6 Å². The molecule has 7 heteroatoms. The van der Waals surface area contributed by atoms with Crippen LogP contribution >= 0.6 is 0 Å². The minimum atomic E-state index is -1.96. The van der Waals surface area contributed by atoms with Gasteiger partial charge in [-0.05, 0) is 38.4 Å². The highest BCUT2D eigenvalue weighted by molar-refractivity contribution is 6.74. The Hall–Kier alpha value is -1.60. The van der Waals surface area contributed by atoms with Crippen LogP contribution in [-0.4, -0.2) is 57.2 Å². The maximum absolute atomic E-state index is 12.6. The summed E-state index contributed by atoms with van der Waals surface area (Å²) in [6, 6.07) is -0.151. The van der Waals surface area contributed by atoms with E-state index in [9.17, 15) is 9.59 Å². The van der Waals surface area contributed by atoms with Gasteiger partial charge in [-0.2, -0.15) is 0 Å². The van der Waals surface area contributed by atoms with Crippen molar-refractivity contribution in [3.05, 3.63) is 24.3 Å². The van der Waals surface area contributed by atoms with Crippen molar-refractivity contribution in [2.45, 2.75) is 77.7 Å². The van der Waals surface area contributed by atoms with Crippen LogP contribution in [0.2, 0.25) is 18.1 Å². The maximum Gasteiger partial charge on any atom is 0.410 e. The molecule has 0 aromatic rings. The number of esters is 1. The van der Waals surface area contributed by atoms with Gasteiger partial charge in [0.2, 0.25) is 0 Å². The first-order valence-corrected chi connectivity index (χ1v) is 12.9. The zero-order chi connectivity index (χ0) is 21.5. The van der Waals surface area contributed by atoms with Gasteiger partial charge in [0.15, 0.2) is 8.32 Å². The Morgan fingerprint density at radius 3 is 2.43 bits per heavy atom. The van der Waals surface area contributed by atoms with E-state index in [0.717, 1.165) is 5.57 Å². The number of carbonyl (C=O) groups excluding carboxylic acids is 2. The van der Waals surface area contributed by atoms with Crippen molar-refractivity contribution in [1.29, 1.82) is 0 Å². The second-order valence-corrected chi connectivity index (χ2v) is 13.5. The predicted octanol–water partition coefficient (Wildman–Crippen LogP) is 4.67. The van der Waals surface area contributed by atoms with E-state index in [1.165, 1.54) is 0 Å². The molecule has 1 amide bonds. The number of amides is 1. The van der Waals surface area contributed by atoms with Crippen molar-refractivity contribution in [2.24, 2.45) is 0 Å². The zero-order valence-electron chi connectivity index (χ0n) is 18.5. The van der Waals surface area contributed by atoms with Crippen LogP contribution < -0.4 is 0 Å². The van der Waals surface area contributed by atoms with Gasteiger partial charge in [-0.15, -0.1) is 0 Å². The summed E-state index contributed by atoms with van der Waals surface area (Å²) in [7, 11) is -1.96. The summed E-state index contributed by atoms with van der Waals surface area (Å²) in [5.41, 5.74) is 0.949. The summed E-state index contributed by atoms with van der Waals surface area (Å²) in [6.07, 6.45) is 3.85. The Kier molecular flexibility index (Phi) is 8.95. The largest absolute Gasteiger partial charge is 0.466 e. The fourth-order valence-corrected chi connectivity index (χ4v) is 4.28. The van der Waals surface area contributed by atoms with Crippen LogP contribution in [0.3, 0.4) is 0 Å². The zero-order valence-corrected chi connectivity index (χ0v) is 19.5. The van der Waals surface area contributed by atoms with Crippen LogP contribution in [0.15, 0.2) is 24.3 Å². The molecule has 0 aromatic carbocycles. The number of nitrogens with zero attached hydrogens (tertiary/aromatic N) is 1. The highest BCUT2D eigenvalue weighted by Crippen LogP contribution is 2.39. The molecule has 0 N–H and O–H groups in total. The van der Waals surface area contributed by atoms with Crippen LogP contribution in [0.1, 0.15) is 47.5 Å². The normalized spacial score (nSPS) is 20.8. The van der Waals surface area contributed by atoms with E-state index in [-0.39, 0.29) is 42.3 Å². The Morgan fingerprint density at radius 2 is 1.89 bits per heavy atom. The third-order valence-electron chi connectivity index (χ3n) is 5.51. The van der Waals surface area contributed by atoms with E-state index in [4.69, 9.17) is 13.9 Å². The van der Waals surface area contributed by atoms with Crippen molar-refractivity contribution < 1.29 is 23.5 Å². The smallest absolute Gasteiger partial charge is 0.410 e. The summed E-state index contributed by atoms with van der Waals surface area (Å²) in [5.74, 6) is -0.269. The standard InChI is InChI=1S/C21H37NO5Si/c1-9-13-26-20(24)22-15-17(27-28(7,8)21(4,5)6)14-18(22)16(3)11-12-19(23)25-10-2/h9,11,17-18H,1,10,12-15H2,2-8H3/t17-,18+/m1/s1. The van der Waals surface area contributed by atoms with E-state index < -0.39 is 8.32 Å². The van der Waals surface area contributed by atoms with Gasteiger partial charge in [-0.3, -0.25) is 9.69 Å². The molecule has 0 spiro atoms. The van der Waals surface area contributed by atoms with Crippen LogP contribution in [0.25, 0.3) is 0 Å². The average molecular weight is 412 g/mol. The Labute approximate surface area is 171 Å². The van der Waals surface area contributed by atoms with Crippen molar-refractivity contribution in [3.8, 4) is 0 Å². The minimum Gasteiger partial charge on any atom is -0.466 e. The molecule has 0 aromatic heterocycles. The highest BCUT2D eigenvalue weighted by Gasteiger charge is 2.44. The lowest BCUT2D eigenvalue weighted by molar-refractivity contribution is -0.142. The van der Waals surface area contributed by atoms with Crippen molar-refractivity contribution in [2.75, 3.05) is 19.8 Å². The van der Waals surface area contributed by atoms with E-state index >= 15 is 0 Å². The number of rotatable bonds is 8. The van der Waals surface area contributed by atoms with Gasteiger partial charge in [0.05, 0.1) is 25.2 Å². The summed E-state index contributed by atoms with van der Waals surface area (Å²) < 4.78 is 16.8. The first kappa shape index (κ1) is 24.4. The van der Waals surface area contributed by atoms with Gasteiger partial charge in [0.25, 0.3) is 0 Å². The topological polar surface area (TPSA) is 65.1 Å². The molecule has 1 rings (SSSR count). The molecule has 6 nitrogen and oxygen atoms in total. The van der Waals surface area contributed by atoms with Crippen molar-refractivity contribution >= 4 is 20.4 Å². The molecule has 2 atom stereocenters. The second kappa shape index (κ2) is 10.3. The minimum absolute atomic E-state index is 0.0480. The molecule has 1 aliphatic rings. The first-order chi connectivity index (χ1) is 12.9. The summed E-state index contributed by atoms with van der Waals surface area (Å²) >= 11 is 0. The number of hydrogen-bond donors (Lipinski definition) is 0. The maximum atomic E-state index is 12.6. The van der Waals surface area contributed by atoms with E-state index in [1.54, 1.807) is 17.9 Å². The van der Waals surface area contributed by atoms with Gasteiger partial charge < -0.3 is 13.9 Å².